The van der Waals surface area contributed by atoms with Gasteiger partial charge in [0.25, 0.3) is 0 Å². The Balaban J connectivity index is 1.12. The van der Waals surface area contributed by atoms with Gasteiger partial charge in [0.1, 0.15) is 0 Å². The molecule has 258 valence electrons. The zero-order valence-electron chi connectivity index (χ0n) is 29.9. The number of nitrogens with zero attached hydrogens (tertiary/aromatic N) is 4. The second-order valence-corrected chi connectivity index (χ2v) is 13.8. The molecule has 0 unspecified atom stereocenters. The predicted octanol–water partition coefficient (Wildman–Crippen LogP) is 13.0. The molecule has 6 aromatic carbocycles. The van der Waals surface area contributed by atoms with Crippen molar-refractivity contribution in [2.45, 2.75) is 0 Å². The third-order valence-corrected chi connectivity index (χ3v) is 10.4. The van der Waals surface area contributed by atoms with E-state index in [0.29, 0.717) is 0 Å². The molecular weight excluding hydrogens is 669 g/mol. The Morgan fingerprint density at radius 3 is 1.27 bits per heavy atom. The first-order valence-electron chi connectivity index (χ1n) is 18.5. The fourth-order valence-corrected chi connectivity index (χ4v) is 7.68. The third-order valence-electron chi connectivity index (χ3n) is 10.4. The molecule has 4 aromatic heterocycles. The summed E-state index contributed by atoms with van der Waals surface area (Å²) >= 11 is 0. The SMILES string of the molecule is c1ccc(-c2cccc(-c3cc(-c4ccc(-c5cc(-c6ccncc6)nc(-c6ccncc6)c5)cc4)cc(-n4c5ccccc5c5ccccc54)c3)c2)cc1. The standard InChI is InChI=1S/C51H34N4/c1-2-9-35(10-3-1)40-11-8-12-41(29-40)43-30-42(31-45(32-43)55-50-15-6-4-13-46(50)47-14-5-7-16-51(47)55)36-17-19-37(20-18-36)44-33-48(38-21-25-52-26-22-38)54-49(34-44)39-23-27-53-28-24-39/h1-34H. The first-order chi connectivity index (χ1) is 27.2. The lowest BCUT2D eigenvalue weighted by atomic mass is 9.94. The van der Waals surface area contributed by atoms with E-state index < -0.39 is 0 Å². The van der Waals surface area contributed by atoms with Gasteiger partial charge in [-0.25, -0.2) is 4.98 Å². The number of fused-ring (bicyclic) bond motifs is 3. The maximum absolute atomic E-state index is 5.05. The van der Waals surface area contributed by atoms with Crippen LogP contribution < -0.4 is 0 Å². The molecule has 10 aromatic rings. The average Bonchev–Trinajstić information content (AvgIpc) is 3.61. The van der Waals surface area contributed by atoms with Gasteiger partial charge in [0.15, 0.2) is 0 Å². The first-order valence-corrected chi connectivity index (χ1v) is 18.5. The second-order valence-electron chi connectivity index (χ2n) is 13.8. The lowest BCUT2D eigenvalue weighted by Gasteiger charge is -2.15. The van der Waals surface area contributed by atoms with E-state index in [1.165, 1.54) is 38.5 Å². The van der Waals surface area contributed by atoms with Crippen molar-refractivity contribution in [2.75, 3.05) is 0 Å². The minimum atomic E-state index is 0.900. The van der Waals surface area contributed by atoms with Gasteiger partial charge in [-0.05, 0) is 117 Å². The maximum Gasteiger partial charge on any atom is 0.0716 e. The maximum atomic E-state index is 5.05. The van der Waals surface area contributed by atoms with Crippen molar-refractivity contribution in [1.29, 1.82) is 0 Å². The average molecular weight is 703 g/mol. The van der Waals surface area contributed by atoms with E-state index in [9.17, 15) is 0 Å². The second kappa shape index (κ2) is 13.8. The molecule has 0 aliphatic rings. The van der Waals surface area contributed by atoms with Crippen LogP contribution in [0, 0.1) is 0 Å². The summed E-state index contributed by atoms with van der Waals surface area (Å²) in [5.74, 6) is 0. The molecule has 0 spiro atoms. The third kappa shape index (κ3) is 6.16. The summed E-state index contributed by atoms with van der Waals surface area (Å²) in [6.45, 7) is 0. The Morgan fingerprint density at radius 1 is 0.291 bits per heavy atom. The van der Waals surface area contributed by atoms with Gasteiger partial charge in [-0.3, -0.25) is 9.97 Å². The number of hydrogen-bond donors (Lipinski definition) is 0. The van der Waals surface area contributed by atoms with E-state index in [1.54, 1.807) is 0 Å². The molecule has 55 heavy (non-hydrogen) atoms. The number of pyridine rings is 3. The van der Waals surface area contributed by atoms with Crippen LogP contribution in [0.4, 0.5) is 0 Å². The highest BCUT2D eigenvalue weighted by molar-refractivity contribution is 6.09. The van der Waals surface area contributed by atoms with Gasteiger partial charge in [0.05, 0.1) is 22.4 Å². The van der Waals surface area contributed by atoms with Crippen LogP contribution in [-0.2, 0) is 0 Å². The fraction of sp³-hybridized carbons (Fsp3) is 0. The molecule has 0 atom stereocenters. The van der Waals surface area contributed by atoms with E-state index in [4.69, 9.17) is 4.98 Å². The number of benzene rings is 6. The first kappa shape index (κ1) is 32.2. The van der Waals surface area contributed by atoms with Crippen molar-refractivity contribution in [3.63, 3.8) is 0 Å². The lowest BCUT2D eigenvalue weighted by Crippen LogP contribution is -1.96. The quantitative estimate of drug-likeness (QED) is 0.166. The van der Waals surface area contributed by atoms with Gasteiger partial charge in [0, 0.05) is 52.4 Å². The zero-order valence-corrected chi connectivity index (χ0v) is 29.9. The van der Waals surface area contributed by atoms with Gasteiger partial charge >= 0.3 is 0 Å². The van der Waals surface area contributed by atoms with Gasteiger partial charge in [-0.1, -0.05) is 109 Å². The van der Waals surface area contributed by atoms with Gasteiger partial charge in [-0.15, -0.1) is 0 Å². The molecule has 0 saturated carbocycles. The molecule has 0 radical (unpaired) electrons. The van der Waals surface area contributed by atoms with Crippen molar-refractivity contribution >= 4 is 21.8 Å². The minimum absolute atomic E-state index is 0.900. The molecular formula is C51H34N4. The molecule has 0 amide bonds. The summed E-state index contributed by atoms with van der Waals surface area (Å²) in [6.07, 6.45) is 7.24. The molecule has 10 rings (SSSR count). The molecule has 4 heterocycles. The highest BCUT2D eigenvalue weighted by atomic mass is 15.0. The Morgan fingerprint density at radius 2 is 0.709 bits per heavy atom. The molecule has 0 aliphatic heterocycles. The van der Waals surface area contributed by atoms with Crippen LogP contribution in [0.15, 0.2) is 207 Å². The van der Waals surface area contributed by atoms with E-state index >= 15 is 0 Å². The van der Waals surface area contributed by atoms with Crippen LogP contribution in [0.1, 0.15) is 0 Å². The van der Waals surface area contributed by atoms with Crippen molar-refractivity contribution in [1.82, 2.24) is 19.5 Å². The topological polar surface area (TPSA) is 43.6 Å². The van der Waals surface area contributed by atoms with Crippen LogP contribution in [0.5, 0.6) is 0 Å². The van der Waals surface area contributed by atoms with Gasteiger partial charge < -0.3 is 4.57 Å². The summed E-state index contributed by atoms with van der Waals surface area (Å²) in [6, 6.07) is 65.1. The monoisotopic (exact) mass is 702 g/mol. The molecule has 0 bridgehead atoms. The number of hydrogen-bond acceptors (Lipinski definition) is 3. The summed E-state index contributed by atoms with van der Waals surface area (Å²) in [5, 5.41) is 2.49. The van der Waals surface area contributed by atoms with E-state index in [-0.39, 0.29) is 0 Å². The number of aromatic nitrogens is 4. The fourth-order valence-electron chi connectivity index (χ4n) is 7.68. The Kier molecular flexibility index (Phi) is 8.12. The number of para-hydroxylation sites is 2. The van der Waals surface area contributed by atoms with Crippen LogP contribution in [-0.4, -0.2) is 19.5 Å². The molecule has 0 fully saturated rings. The zero-order chi connectivity index (χ0) is 36.6. The molecule has 0 aliphatic carbocycles. The number of rotatable bonds is 7. The molecule has 0 saturated heterocycles. The smallest absolute Gasteiger partial charge is 0.0716 e. The van der Waals surface area contributed by atoms with Crippen LogP contribution in [0.3, 0.4) is 0 Å². The van der Waals surface area contributed by atoms with Crippen molar-refractivity contribution in [3.05, 3.63) is 207 Å². The largest absolute Gasteiger partial charge is 0.309 e. The van der Waals surface area contributed by atoms with E-state index in [2.05, 4.69) is 172 Å². The summed E-state index contributed by atoms with van der Waals surface area (Å²) in [4.78, 5) is 13.5. The lowest BCUT2D eigenvalue weighted by molar-refractivity contribution is 1.18. The highest BCUT2D eigenvalue weighted by Crippen LogP contribution is 2.38. The van der Waals surface area contributed by atoms with Crippen molar-refractivity contribution < 1.29 is 0 Å². The van der Waals surface area contributed by atoms with Crippen molar-refractivity contribution in [3.8, 4) is 72.7 Å². The summed E-state index contributed by atoms with van der Waals surface area (Å²) < 4.78 is 2.41. The Labute approximate surface area is 319 Å². The molecule has 4 heteroatoms. The van der Waals surface area contributed by atoms with Crippen molar-refractivity contribution in [2.24, 2.45) is 0 Å². The van der Waals surface area contributed by atoms with E-state index in [0.717, 1.165) is 56.0 Å². The van der Waals surface area contributed by atoms with Gasteiger partial charge in [-0.2, -0.15) is 0 Å². The summed E-state index contributed by atoms with van der Waals surface area (Å²) in [5.41, 5.74) is 16.6. The Hall–Kier alpha value is -7.43. The van der Waals surface area contributed by atoms with E-state index in [1.807, 2.05) is 49.1 Å². The van der Waals surface area contributed by atoms with Crippen LogP contribution in [0.2, 0.25) is 0 Å². The summed E-state index contributed by atoms with van der Waals surface area (Å²) in [7, 11) is 0. The minimum Gasteiger partial charge on any atom is -0.309 e. The predicted molar refractivity (Wildman–Crippen MR) is 227 cm³/mol. The Bertz CT molecular complexity index is 2840. The van der Waals surface area contributed by atoms with Crippen LogP contribution in [0.25, 0.3) is 94.5 Å². The molecule has 4 nitrogen and oxygen atoms in total. The van der Waals surface area contributed by atoms with Gasteiger partial charge in [0.2, 0.25) is 0 Å². The normalized spacial score (nSPS) is 11.3. The van der Waals surface area contributed by atoms with Crippen LogP contribution >= 0.6 is 0 Å². The molecule has 0 N–H and O–H groups in total. The highest BCUT2D eigenvalue weighted by Gasteiger charge is 2.15.